The highest BCUT2D eigenvalue weighted by Crippen LogP contribution is 2.15. The Kier molecular flexibility index (Phi) is 4.77. The minimum absolute atomic E-state index is 0.162. The van der Waals surface area contributed by atoms with Gasteiger partial charge in [0.1, 0.15) is 0 Å². The van der Waals surface area contributed by atoms with Crippen molar-refractivity contribution in [3.63, 3.8) is 0 Å². The van der Waals surface area contributed by atoms with E-state index in [2.05, 4.69) is 10.3 Å². The van der Waals surface area contributed by atoms with Crippen LogP contribution in [-0.4, -0.2) is 16.7 Å². The number of ketones is 1. The number of hydrogen-bond acceptors (Lipinski definition) is 3. The number of amides is 1. The van der Waals surface area contributed by atoms with Gasteiger partial charge in [0.25, 0.3) is 5.91 Å². The van der Waals surface area contributed by atoms with Crippen molar-refractivity contribution in [2.45, 2.75) is 6.54 Å². The van der Waals surface area contributed by atoms with E-state index in [4.69, 9.17) is 0 Å². The van der Waals surface area contributed by atoms with Crippen LogP contribution < -0.4 is 5.32 Å². The molecule has 0 atom stereocenters. The molecule has 0 unspecified atom stereocenters. The van der Waals surface area contributed by atoms with Gasteiger partial charge in [-0.2, -0.15) is 0 Å². The molecule has 4 nitrogen and oxygen atoms in total. The minimum Gasteiger partial charge on any atom is -0.348 e. The lowest BCUT2D eigenvalue weighted by molar-refractivity contribution is 0.0939. The van der Waals surface area contributed by atoms with Crippen LogP contribution in [0.15, 0.2) is 79.1 Å². The zero-order valence-corrected chi connectivity index (χ0v) is 13.0. The van der Waals surface area contributed by atoms with Gasteiger partial charge in [-0.1, -0.05) is 48.5 Å². The molecule has 0 spiro atoms. The number of hydrogen-bond donors (Lipinski definition) is 1. The first-order chi connectivity index (χ1) is 11.8. The predicted octanol–water partition coefficient (Wildman–Crippen LogP) is 3.24. The van der Waals surface area contributed by atoms with Crippen molar-refractivity contribution >= 4 is 11.7 Å². The summed E-state index contributed by atoms with van der Waals surface area (Å²) in [7, 11) is 0. The van der Waals surface area contributed by atoms with Gasteiger partial charge in [-0.05, 0) is 23.8 Å². The van der Waals surface area contributed by atoms with Gasteiger partial charge in [-0.3, -0.25) is 14.6 Å². The number of pyridine rings is 1. The molecule has 1 heterocycles. The summed E-state index contributed by atoms with van der Waals surface area (Å²) in [5, 5.41) is 2.84. The number of rotatable bonds is 5. The van der Waals surface area contributed by atoms with E-state index in [0.717, 1.165) is 5.56 Å². The number of aromatic nitrogens is 1. The third kappa shape index (κ3) is 3.55. The van der Waals surface area contributed by atoms with Gasteiger partial charge >= 0.3 is 0 Å². The summed E-state index contributed by atoms with van der Waals surface area (Å²) in [6.07, 6.45) is 3.35. The second kappa shape index (κ2) is 7.33. The Hall–Kier alpha value is -3.27. The number of carbonyl (C=O) groups is 2. The molecular formula is C20H16N2O2. The fourth-order valence-electron chi connectivity index (χ4n) is 2.40. The smallest absolute Gasteiger partial charge is 0.252 e. The Balaban J connectivity index is 1.81. The highest BCUT2D eigenvalue weighted by molar-refractivity contribution is 6.15. The Morgan fingerprint density at radius 3 is 2.12 bits per heavy atom. The van der Waals surface area contributed by atoms with Crippen LogP contribution in [0, 0.1) is 0 Å². The third-order valence-electron chi connectivity index (χ3n) is 3.65. The number of nitrogens with zero attached hydrogens (tertiary/aromatic N) is 1. The number of benzene rings is 2. The topological polar surface area (TPSA) is 59.1 Å². The number of carbonyl (C=O) groups excluding carboxylic acids is 2. The Morgan fingerprint density at radius 2 is 1.42 bits per heavy atom. The van der Waals surface area contributed by atoms with Gasteiger partial charge in [-0.15, -0.1) is 0 Å². The van der Waals surface area contributed by atoms with Crippen LogP contribution in [0.1, 0.15) is 31.8 Å². The molecule has 1 N–H and O–H groups in total. The average molecular weight is 316 g/mol. The van der Waals surface area contributed by atoms with Crippen LogP contribution in [0.4, 0.5) is 0 Å². The standard InChI is InChI=1S/C20H16N2O2/c23-19(16-6-2-1-3-7-16)17-8-4-5-9-18(17)20(24)22-14-15-10-12-21-13-11-15/h1-13H,14H2,(H,22,24). The van der Waals surface area contributed by atoms with E-state index in [1.807, 2.05) is 18.2 Å². The monoisotopic (exact) mass is 316 g/mol. The zero-order valence-electron chi connectivity index (χ0n) is 13.0. The minimum atomic E-state index is -0.272. The molecule has 1 aromatic heterocycles. The van der Waals surface area contributed by atoms with Gasteiger partial charge in [0.2, 0.25) is 0 Å². The molecule has 4 heteroatoms. The molecule has 118 valence electrons. The van der Waals surface area contributed by atoms with Crippen molar-refractivity contribution in [3.8, 4) is 0 Å². The Morgan fingerprint density at radius 1 is 0.792 bits per heavy atom. The first-order valence-electron chi connectivity index (χ1n) is 7.61. The first kappa shape index (κ1) is 15.6. The predicted molar refractivity (Wildman–Crippen MR) is 91.7 cm³/mol. The molecule has 2 aromatic carbocycles. The van der Waals surface area contributed by atoms with Gasteiger partial charge < -0.3 is 5.32 Å². The quantitative estimate of drug-likeness (QED) is 0.735. The molecular weight excluding hydrogens is 300 g/mol. The average Bonchev–Trinajstić information content (AvgIpc) is 2.67. The normalized spacial score (nSPS) is 10.2. The van der Waals surface area contributed by atoms with Crippen LogP contribution in [0.25, 0.3) is 0 Å². The molecule has 0 radical (unpaired) electrons. The third-order valence-corrected chi connectivity index (χ3v) is 3.65. The fraction of sp³-hybridized carbons (Fsp3) is 0.0500. The SMILES string of the molecule is O=C(NCc1ccncc1)c1ccccc1C(=O)c1ccccc1. The van der Waals surface area contributed by atoms with Crippen molar-refractivity contribution < 1.29 is 9.59 Å². The van der Waals surface area contributed by atoms with Crippen molar-refractivity contribution in [1.82, 2.24) is 10.3 Å². The lowest BCUT2D eigenvalue weighted by atomic mass is 9.98. The highest BCUT2D eigenvalue weighted by atomic mass is 16.2. The molecule has 0 aliphatic carbocycles. The van der Waals surface area contributed by atoms with Crippen LogP contribution >= 0.6 is 0 Å². The van der Waals surface area contributed by atoms with Crippen molar-refractivity contribution in [2.75, 3.05) is 0 Å². The fourth-order valence-corrected chi connectivity index (χ4v) is 2.40. The van der Waals surface area contributed by atoms with Crippen molar-refractivity contribution in [1.29, 1.82) is 0 Å². The summed E-state index contributed by atoms with van der Waals surface area (Å²) >= 11 is 0. The summed E-state index contributed by atoms with van der Waals surface area (Å²) in [4.78, 5) is 29.1. The molecule has 1 amide bonds. The summed E-state index contributed by atoms with van der Waals surface area (Å²) in [5.41, 5.74) is 2.29. The maximum absolute atomic E-state index is 12.7. The molecule has 3 aromatic rings. The molecule has 0 aliphatic heterocycles. The summed E-state index contributed by atoms with van der Waals surface area (Å²) < 4.78 is 0. The molecule has 0 bridgehead atoms. The second-order valence-corrected chi connectivity index (χ2v) is 5.28. The van der Waals surface area contributed by atoms with Crippen molar-refractivity contribution in [2.24, 2.45) is 0 Å². The van der Waals surface area contributed by atoms with Crippen LogP contribution in [0.2, 0.25) is 0 Å². The molecule has 0 aliphatic rings. The van der Waals surface area contributed by atoms with E-state index in [1.54, 1.807) is 60.9 Å². The van der Waals surface area contributed by atoms with E-state index in [1.165, 1.54) is 0 Å². The Bertz CT molecular complexity index is 846. The van der Waals surface area contributed by atoms with Gasteiger partial charge in [0, 0.05) is 30.1 Å². The highest BCUT2D eigenvalue weighted by Gasteiger charge is 2.17. The van der Waals surface area contributed by atoms with E-state index in [9.17, 15) is 9.59 Å². The summed E-state index contributed by atoms with van der Waals surface area (Å²) in [5.74, 6) is -0.433. The van der Waals surface area contributed by atoms with E-state index in [-0.39, 0.29) is 11.7 Å². The van der Waals surface area contributed by atoms with Gasteiger partial charge in [0.15, 0.2) is 5.78 Å². The van der Waals surface area contributed by atoms with Crippen LogP contribution in [0.3, 0.4) is 0 Å². The van der Waals surface area contributed by atoms with Crippen LogP contribution in [-0.2, 0) is 6.54 Å². The molecule has 0 fully saturated rings. The van der Waals surface area contributed by atoms with Crippen molar-refractivity contribution in [3.05, 3.63) is 101 Å². The first-order valence-corrected chi connectivity index (χ1v) is 7.61. The van der Waals surface area contributed by atoms with E-state index < -0.39 is 0 Å². The summed E-state index contributed by atoms with van der Waals surface area (Å²) in [6.45, 7) is 0.384. The zero-order chi connectivity index (χ0) is 16.8. The number of nitrogens with one attached hydrogen (secondary N) is 1. The maximum atomic E-state index is 12.7. The van der Waals surface area contributed by atoms with Gasteiger partial charge in [-0.25, -0.2) is 0 Å². The molecule has 3 rings (SSSR count). The Labute approximate surface area is 140 Å². The molecule has 0 saturated heterocycles. The van der Waals surface area contributed by atoms with E-state index >= 15 is 0 Å². The second-order valence-electron chi connectivity index (χ2n) is 5.28. The van der Waals surface area contributed by atoms with Gasteiger partial charge in [0.05, 0.1) is 5.56 Å². The molecule has 0 saturated carbocycles. The lowest BCUT2D eigenvalue weighted by Gasteiger charge is -2.10. The van der Waals surface area contributed by atoms with Crippen LogP contribution in [0.5, 0.6) is 0 Å². The molecule has 24 heavy (non-hydrogen) atoms. The van der Waals surface area contributed by atoms with E-state index in [0.29, 0.717) is 23.2 Å². The largest absolute Gasteiger partial charge is 0.348 e. The lowest BCUT2D eigenvalue weighted by Crippen LogP contribution is -2.25. The maximum Gasteiger partial charge on any atom is 0.252 e. The summed E-state index contributed by atoms with van der Waals surface area (Å²) in [6, 6.07) is 19.5.